The Bertz CT molecular complexity index is 795. The highest BCUT2D eigenvalue weighted by molar-refractivity contribution is 6.16. The van der Waals surface area contributed by atoms with Gasteiger partial charge in [0.2, 0.25) is 0 Å². The highest BCUT2D eigenvalue weighted by atomic mass is 35.5. The van der Waals surface area contributed by atoms with E-state index in [1.54, 1.807) is 6.07 Å². The second kappa shape index (κ2) is 5.49. The summed E-state index contributed by atoms with van der Waals surface area (Å²) in [5, 5.41) is 0. The Kier molecular flexibility index (Phi) is 3.68. The van der Waals surface area contributed by atoms with E-state index in [4.69, 9.17) is 11.6 Å². The Morgan fingerprint density at radius 2 is 2.00 bits per heavy atom. The maximum atomic E-state index is 13.4. The number of fused-ring (bicyclic) bond motifs is 1. The van der Waals surface area contributed by atoms with Crippen molar-refractivity contribution in [3.05, 3.63) is 65.2 Å². The van der Waals surface area contributed by atoms with Crippen LogP contribution >= 0.6 is 11.6 Å². The molecule has 3 rings (SSSR count). The van der Waals surface area contributed by atoms with E-state index in [0.29, 0.717) is 11.4 Å². The van der Waals surface area contributed by atoms with Crippen LogP contribution in [0.5, 0.6) is 0 Å². The molecule has 0 amide bonds. The molecule has 0 N–H and O–H groups in total. The third-order valence-electron chi connectivity index (χ3n) is 3.87. The summed E-state index contributed by atoms with van der Waals surface area (Å²) in [7, 11) is 0. The van der Waals surface area contributed by atoms with E-state index in [1.165, 1.54) is 23.3 Å². The van der Waals surface area contributed by atoms with Gasteiger partial charge in [-0.25, -0.2) is 9.37 Å². The molecule has 0 aliphatic carbocycles. The number of aryl methyl sites for hydroxylation is 1. The fraction of sp³-hybridized carbons (Fsp3) is 0.235. The van der Waals surface area contributed by atoms with Crippen LogP contribution in [0.3, 0.4) is 0 Å². The molecule has 1 aromatic heterocycles. The minimum Gasteiger partial charge on any atom is -0.320 e. The van der Waals surface area contributed by atoms with E-state index < -0.39 is 0 Å². The molecule has 2 nitrogen and oxygen atoms in total. The van der Waals surface area contributed by atoms with E-state index in [0.717, 1.165) is 11.3 Å². The van der Waals surface area contributed by atoms with Gasteiger partial charge in [0, 0.05) is 6.07 Å². The summed E-state index contributed by atoms with van der Waals surface area (Å²) in [5.74, 6) is 0.775. The fourth-order valence-corrected chi connectivity index (χ4v) is 3.03. The van der Waals surface area contributed by atoms with E-state index in [2.05, 4.69) is 35.5 Å². The lowest BCUT2D eigenvalue weighted by molar-refractivity contribution is 0.625. The largest absolute Gasteiger partial charge is 0.320 e. The van der Waals surface area contributed by atoms with E-state index in [1.807, 2.05) is 12.1 Å². The van der Waals surface area contributed by atoms with Crippen LogP contribution in [0.25, 0.3) is 11.0 Å². The minimum atomic E-state index is -0.281. The van der Waals surface area contributed by atoms with Gasteiger partial charge in [0.15, 0.2) is 0 Å². The van der Waals surface area contributed by atoms with Crippen molar-refractivity contribution in [2.75, 3.05) is 0 Å². The van der Waals surface area contributed by atoms with Crippen LogP contribution in [0.4, 0.5) is 4.39 Å². The first-order chi connectivity index (χ1) is 10.1. The number of hydrogen-bond acceptors (Lipinski definition) is 1. The van der Waals surface area contributed by atoms with Gasteiger partial charge >= 0.3 is 0 Å². The zero-order chi connectivity index (χ0) is 15.0. The van der Waals surface area contributed by atoms with Gasteiger partial charge in [-0.15, -0.1) is 11.6 Å². The molecule has 21 heavy (non-hydrogen) atoms. The maximum absolute atomic E-state index is 13.4. The highest BCUT2D eigenvalue weighted by Crippen LogP contribution is 2.28. The summed E-state index contributed by atoms with van der Waals surface area (Å²) < 4.78 is 15.5. The van der Waals surface area contributed by atoms with Crippen LogP contribution in [0.15, 0.2) is 42.5 Å². The Labute approximate surface area is 128 Å². The second-order valence-corrected chi connectivity index (χ2v) is 5.46. The molecular formula is C17H16ClFN2. The van der Waals surface area contributed by atoms with Crippen molar-refractivity contribution >= 4 is 22.6 Å². The predicted octanol–water partition coefficient (Wildman–Crippen LogP) is 4.83. The second-order valence-electron chi connectivity index (χ2n) is 5.20. The van der Waals surface area contributed by atoms with Gasteiger partial charge in [-0.1, -0.05) is 24.3 Å². The number of rotatable bonds is 3. The number of imidazole rings is 1. The Morgan fingerprint density at radius 3 is 2.71 bits per heavy atom. The van der Waals surface area contributed by atoms with Crippen molar-refractivity contribution in [3.63, 3.8) is 0 Å². The molecule has 0 saturated carbocycles. The van der Waals surface area contributed by atoms with Gasteiger partial charge in [-0.3, -0.25) is 0 Å². The first kappa shape index (κ1) is 14.1. The average molecular weight is 303 g/mol. The number of nitrogens with zero attached hydrogens (tertiary/aromatic N) is 2. The van der Waals surface area contributed by atoms with Crippen molar-refractivity contribution in [1.29, 1.82) is 0 Å². The molecule has 108 valence electrons. The van der Waals surface area contributed by atoms with Gasteiger partial charge in [0.1, 0.15) is 11.6 Å². The Balaban J connectivity index is 2.21. The van der Waals surface area contributed by atoms with Crippen LogP contribution in [-0.2, 0) is 5.88 Å². The monoisotopic (exact) mass is 302 g/mol. The SMILES string of the molecule is Cc1ccccc1C(C)n1c(CCl)nc2cc(F)ccc21. The van der Waals surface area contributed by atoms with Crippen LogP contribution < -0.4 is 0 Å². The number of aromatic nitrogens is 2. The quantitative estimate of drug-likeness (QED) is 0.634. The number of hydrogen-bond donors (Lipinski definition) is 0. The molecule has 0 aliphatic rings. The van der Waals surface area contributed by atoms with Crippen LogP contribution in [0, 0.1) is 12.7 Å². The summed E-state index contributed by atoms with van der Waals surface area (Å²) in [6, 6.07) is 13.0. The third kappa shape index (κ3) is 2.42. The smallest absolute Gasteiger partial charge is 0.125 e. The van der Waals surface area contributed by atoms with E-state index in [-0.39, 0.29) is 11.9 Å². The van der Waals surface area contributed by atoms with Gasteiger partial charge in [-0.05, 0) is 37.1 Å². The van der Waals surface area contributed by atoms with Crippen molar-refractivity contribution < 1.29 is 4.39 Å². The summed E-state index contributed by atoms with van der Waals surface area (Å²) in [4.78, 5) is 4.46. The molecule has 4 heteroatoms. The van der Waals surface area contributed by atoms with Crippen LogP contribution in [0.2, 0.25) is 0 Å². The molecule has 3 aromatic rings. The molecule has 0 fully saturated rings. The first-order valence-corrected chi connectivity index (χ1v) is 7.43. The lowest BCUT2D eigenvalue weighted by Gasteiger charge is -2.19. The summed E-state index contributed by atoms with van der Waals surface area (Å²) >= 11 is 6.04. The third-order valence-corrected chi connectivity index (χ3v) is 4.11. The Hall–Kier alpha value is -1.87. The lowest BCUT2D eigenvalue weighted by atomic mass is 10.0. The summed E-state index contributed by atoms with van der Waals surface area (Å²) in [5.41, 5.74) is 3.98. The molecule has 0 bridgehead atoms. The highest BCUT2D eigenvalue weighted by Gasteiger charge is 2.18. The van der Waals surface area contributed by atoms with E-state index >= 15 is 0 Å². The van der Waals surface area contributed by atoms with Gasteiger partial charge in [0.25, 0.3) is 0 Å². The summed E-state index contributed by atoms with van der Waals surface area (Å²) in [6.45, 7) is 4.20. The van der Waals surface area contributed by atoms with E-state index in [9.17, 15) is 4.39 Å². The van der Waals surface area contributed by atoms with Crippen molar-refractivity contribution in [3.8, 4) is 0 Å². The molecule has 1 heterocycles. The molecule has 1 atom stereocenters. The topological polar surface area (TPSA) is 17.8 Å². The van der Waals surface area contributed by atoms with Crippen molar-refractivity contribution in [2.45, 2.75) is 25.8 Å². The zero-order valence-electron chi connectivity index (χ0n) is 12.0. The number of alkyl halides is 1. The number of benzene rings is 2. The molecule has 0 spiro atoms. The lowest BCUT2D eigenvalue weighted by Crippen LogP contribution is -2.11. The molecular weight excluding hydrogens is 287 g/mol. The first-order valence-electron chi connectivity index (χ1n) is 6.89. The normalized spacial score (nSPS) is 12.8. The van der Waals surface area contributed by atoms with Crippen LogP contribution in [-0.4, -0.2) is 9.55 Å². The standard InChI is InChI=1S/C17H16ClFN2/c1-11-5-3-4-6-14(11)12(2)21-16-8-7-13(19)9-15(16)20-17(21)10-18/h3-9,12H,10H2,1-2H3. The number of halogens is 2. The maximum Gasteiger partial charge on any atom is 0.125 e. The van der Waals surface area contributed by atoms with Gasteiger partial charge in [0.05, 0.1) is 23.0 Å². The molecule has 0 saturated heterocycles. The van der Waals surface area contributed by atoms with Gasteiger partial charge < -0.3 is 4.57 Å². The molecule has 0 radical (unpaired) electrons. The minimum absolute atomic E-state index is 0.0930. The average Bonchev–Trinajstić information content (AvgIpc) is 2.84. The molecule has 1 unspecified atom stereocenters. The fourth-order valence-electron chi connectivity index (χ4n) is 2.84. The van der Waals surface area contributed by atoms with Crippen molar-refractivity contribution in [1.82, 2.24) is 9.55 Å². The molecule has 2 aromatic carbocycles. The Morgan fingerprint density at radius 1 is 1.24 bits per heavy atom. The van der Waals surface area contributed by atoms with Crippen molar-refractivity contribution in [2.24, 2.45) is 0 Å². The zero-order valence-corrected chi connectivity index (χ0v) is 12.7. The summed E-state index contributed by atoms with van der Waals surface area (Å²) in [6.07, 6.45) is 0. The van der Waals surface area contributed by atoms with Gasteiger partial charge in [-0.2, -0.15) is 0 Å². The molecule has 0 aliphatic heterocycles. The van der Waals surface area contributed by atoms with Crippen LogP contribution in [0.1, 0.15) is 29.9 Å². The predicted molar refractivity (Wildman–Crippen MR) is 84.2 cm³/mol.